The summed E-state index contributed by atoms with van der Waals surface area (Å²) in [5.41, 5.74) is 12.5. The molecule has 0 saturated carbocycles. The van der Waals surface area contributed by atoms with Crippen LogP contribution >= 0.6 is 23.2 Å². The molecule has 2 rings (SSSR count). The molecule has 0 radical (unpaired) electrons. The summed E-state index contributed by atoms with van der Waals surface area (Å²) in [7, 11) is -8.91. The van der Waals surface area contributed by atoms with Gasteiger partial charge in [-0.25, -0.2) is 16.8 Å². The van der Waals surface area contributed by atoms with Gasteiger partial charge >= 0.3 is 16.5 Å². The molecule has 27 heavy (non-hydrogen) atoms. The maximum absolute atomic E-state index is 10.6. The van der Waals surface area contributed by atoms with Crippen LogP contribution in [0.15, 0.2) is 34.1 Å². The Balaban J connectivity index is 0.000000483. The number of benzene rings is 2. The van der Waals surface area contributed by atoms with Gasteiger partial charge in [-0.3, -0.25) is 0 Å². The zero-order valence-electron chi connectivity index (χ0n) is 13.8. The van der Waals surface area contributed by atoms with Gasteiger partial charge in [-0.2, -0.15) is 0 Å². The van der Waals surface area contributed by atoms with Crippen LogP contribution in [0, 0.1) is 13.8 Å². The van der Waals surface area contributed by atoms with Gasteiger partial charge in [-0.15, -0.1) is 0 Å². The van der Waals surface area contributed by atoms with Gasteiger partial charge in [0.15, 0.2) is 0 Å². The van der Waals surface area contributed by atoms with Gasteiger partial charge in [-0.05, 0) is 49.2 Å². The molecule has 2 aromatic rings. The van der Waals surface area contributed by atoms with Gasteiger partial charge in [0, 0.05) is 0 Å². The Morgan fingerprint density at radius 2 is 1.00 bits per heavy atom. The van der Waals surface area contributed by atoms with Crippen LogP contribution < -0.4 is 11.5 Å². The van der Waals surface area contributed by atoms with E-state index in [-0.39, 0.29) is 47.7 Å². The Bertz CT molecular complexity index is 928. The van der Waals surface area contributed by atoms with Gasteiger partial charge in [0.2, 0.25) is 0 Å². The molecule has 0 heterocycles. The minimum Gasteiger partial charge on any atom is -0.744 e. The van der Waals surface area contributed by atoms with E-state index in [0.717, 1.165) is 12.1 Å². The average Bonchev–Trinajstić information content (AvgIpc) is 2.48. The van der Waals surface area contributed by atoms with Crippen LogP contribution in [-0.2, 0) is 36.7 Å². The summed E-state index contributed by atoms with van der Waals surface area (Å²) in [6, 6.07) is 4.49. The first kappa shape index (κ1) is 25.9. The first-order valence-electron chi connectivity index (χ1n) is 6.67. The average molecular weight is 500 g/mol. The topological polar surface area (TPSA) is 166 Å². The minimum absolute atomic E-state index is 0. The van der Waals surface area contributed by atoms with E-state index in [1.54, 1.807) is 13.8 Å². The number of anilines is 2. The molecule has 0 spiro atoms. The molecule has 0 aliphatic rings. The largest absolute Gasteiger partial charge is 2.00 e. The smallest absolute Gasteiger partial charge is 0.744 e. The molecule has 0 saturated heterocycles. The van der Waals surface area contributed by atoms with Crippen LogP contribution in [0.2, 0.25) is 10.0 Å². The molecule has 0 unspecified atom stereocenters. The molecule has 0 atom stereocenters. The Kier molecular flexibility index (Phi) is 9.05. The molecular formula is C14H14Cl2N2NiO6S2. The minimum atomic E-state index is -4.45. The summed E-state index contributed by atoms with van der Waals surface area (Å²) < 4.78 is 63.6. The maximum atomic E-state index is 10.6. The van der Waals surface area contributed by atoms with Crippen molar-refractivity contribution in [2.24, 2.45) is 0 Å². The molecule has 2 aromatic carbocycles. The van der Waals surface area contributed by atoms with E-state index in [1.165, 1.54) is 12.1 Å². The summed E-state index contributed by atoms with van der Waals surface area (Å²) in [6.45, 7) is 3.16. The predicted octanol–water partition coefficient (Wildman–Crippen LogP) is 2.27. The number of hydrogen-bond acceptors (Lipinski definition) is 8. The maximum Gasteiger partial charge on any atom is 2.00 e. The first-order valence-corrected chi connectivity index (χ1v) is 10.2. The van der Waals surface area contributed by atoms with Crippen LogP contribution in [0.25, 0.3) is 0 Å². The van der Waals surface area contributed by atoms with E-state index in [4.69, 9.17) is 34.7 Å². The molecular weight excluding hydrogens is 486 g/mol. The van der Waals surface area contributed by atoms with Crippen molar-refractivity contribution in [1.82, 2.24) is 0 Å². The van der Waals surface area contributed by atoms with E-state index in [2.05, 4.69) is 0 Å². The van der Waals surface area contributed by atoms with Crippen LogP contribution in [0.3, 0.4) is 0 Å². The second-order valence-electron chi connectivity index (χ2n) is 5.18. The monoisotopic (exact) mass is 498 g/mol. The van der Waals surface area contributed by atoms with Crippen molar-refractivity contribution >= 4 is 54.8 Å². The van der Waals surface area contributed by atoms with E-state index in [9.17, 15) is 25.9 Å². The Labute approximate surface area is 177 Å². The third-order valence-corrected chi connectivity index (χ3v) is 5.45. The number of hydrogen-bond donors (Lipinski definition) is 2. The second kappa shape index (κ2) is 9.42. The fraction of sp³-hybridized carbons (Fsp3) is 0.143. The zero-order chi connectivity index (χ0) is 20.4. The van der Waals surface area contributed by atoms with E-state index < -0.39 is 20.2 Å². The summed E-state index contributed by atoms with van der Waals surface area (Å²) in [5.74, 6) is 0. The Morgan fingerprint density at radius 1 is 0.741 bits per heavy atom. The molecule has 0 bridgehead atoms. The van der Waals surface area contributed by atoms with Crippen LogP contribution in [0.1, 0.15) is 11.1 Å². The van der Waals surface area contributed by atoms with Crippen molar-refractivity contribution < 1.29 is 42.4 Å². The molecule has 0 fully saturated rings. The van der Waals surface area contributed by atoms with E-state index in [0.29, 0.717) is 11.1 Å². The SMILES string of the molecule is Cc1cc(S(=O)(=O)[O-])cc(Cl)c1N.Cc1cc(S(=O)(=O)[O-])cc(Cl)c1N.[Ni+2]. The summed E-state index contributed by atoms with van der Waals surface area (Å²) in [6.07, 6.45) is 0. The third-order valence-electron chi connectivity index (χ3n) is 3.20. The van der Waals surface area contributed by atoms with Gasteiger partial charge in [0.25, 0.3) is 0 Å². The van der Waals surface area contributed by atoms with Crippen molar-refractivity contribution in [3.63, 3.8) is 0 Å². The number of halogens is 2. The van der Waals surface area contributed by atoms with Crippen molar-refractivity contribution in [2.75, 3.05) is 11.5 Å². The molecule has 152 valence electrons. The van der Waals surface area contributed by atoms with Crippen molar-refractivity contribution in [3.8, 4) is 0 Å². The number of nitrogens with two attached hydrogens (primary N) is 2. The molecule has 0 aliphatic carbocycles. The fourth-order valence-corrected chi connectivity index (χ4v) is 3.57. The normalized spacial score (nSPS) is 11.2. The summed E-state index contributed by atoms with van der Waals surface area (Å²) in [4.78, 5) is -0.714. The van der Waals surface area contributed by atoms with Crippen molar-refractivity contribution in [3.05, 3.63) is 45.4 Å². The number of nitrogen functional groups attached to an aromatic ring is 2. The molecule has 0 aromatic heterocycles. The molecule has 0 amide bonds. The van der Waals surface area contributed by atoms with Gasteiger partial charge in [0.1, 0.15) is 20.2 Å². The third kappa shape index (κ3) is 7.11. The predicted molar refractivity (Wildman–Crippen MR) is 97.1 cm³/mol. The van der Waals surface area contributed by atoms with E-state index in [1.807, 2.05) is 0 Å². The zero-order valence-corrected chi connectivity index (χ0v) is 17.9. The van der Waals surface area contributed by atoms with Crippen LogP contribution in [0.5, 0.6) is 0 Å². The first-order chi connectivity index (χ1) is 11.6. The van der Waals surface area contributed by atoms with E-state index >= 15 is 0 Å². The van der Waals surface area contributed by atoms with Crippen LogP contribution in [-0.4, -0.2) is 25.9 Å². The number of rotatable bonds is 2. The Hall–Kier alpha value is -1.07. The van der Waals surface area contributed by atoms with Gasteiger partial charge in [0.05, 0.1) is 31.2 Å². The summed E-state index contributed by atoms with van der Waals surface area (Å²) >= 11 is 11.2. The van der Waals surface area contributed by atoms with Crippen molar-refractivity contribution in [1.29, 1.82) is 0 Å². The molecule has 8 nitrogen and oxygen atoms in total. The fourth-order valence-electron chi connectivity index (χ4n) is 1.74. The summed E-state index contributed by atoms with van der Waals surface area (Å²) in [5, 5.41) is 0.156. The van der Waals surface area contributed by atoms with Gasteiger partial charge < -0.3 is 20.6 Å². The standard InChI is InChI=1S/2C7H8ClNO3S.Ni/c2*1-4-2-5(13(10,11)12)3-6(8)7(4)9;/h2*2-3H,9H2,1H3,(H,10,11,12);/q;;+2/p-2. The molecule has 13 heteroatoms. The molecule has 0 aliphatic heterocycles. The molecule has 4 N–H and O–H groups in total. The van der Waals surface area contributed by atoms with Crippen LogP contribution in [0.4, 0.5) is 11.4 Å². The Morgan fingerprint density at radius 3 is 1.19 bits per heavy atom. The second-order valence-corrected chi connectivity index (χ2v) is 8.75. The number of aryl methyl sites for hydroxylation is 2. The van der Waals surface area contributed by atoms with Gasteiger partial charge in [-0.1, -0.05) is 23.2 Å². The van der Waals surface area contributed by atoms with Crippen molar-refractivity contribution in [2.45, 2.75) is 23.6 Å². The quantitative estimate of drug-likeness (QED) is 0.360.